The van der Waals surface area contributed by atoms with E-state index in [4.69, 9.17) is 14.2 Å². The first-order valence-electron chi connectivity index (χ1n) is 9.23. The molecule has 1 N–H and O–H groups in total. The van der Waals surface area contributed by atoms with Crippen LogP contribution in [0.15, 0.2) is 48.5 Å². The standard InChI is InChI=1S/C22H27NO5/c1-5-15(2)21(16-9-7-6-8-10-16)22(25)28-14-20(24)23-18-12-11-17(26-3)13-19(18)27-4/h6-13,15,21H,5,14H2,1-4H3,(H,23,24)/t15-,21+/m0/s1. The molecule has 2 aromatic carbocycles. The second kappa shape index (κ2) is 10.3. The van der Waals surface area contributed by atoms with Crippen molar-refractivity contribution in [2.75, 3.05) is 26.1 Å². The van der Waals surface area contributed by atoms with Gasteiger partial charge in [0, 0.05) is 6.07 Å². The van der Waals surface area contributed by atoms with Crippen molar-refractivity contribution in [3.05, 3.63) is 54.1 Å². The zero-order valence-electron chi connectivity index (χ0n) is 16.7. The fraction of sp³-hybridized carbons (Fsp3) is 0.364. The van der Waals surface area contributed by atoms with Gasteiger partial charge in [-0.25, -0.2) is 0 Å². The first kappa shape index (κ1) is 21.3. The predicted molar refractivity (Wildman–Crippen MR) is 108 cm³/mol. The molecule has 0 radical (unpaired) electrons. The van der Waals surface area contributed by atoms with Crippen LogP contribution in [0, 0.1) is 5.92 Å². The van der Waals surface area contributed by atoms with Gasteiger partial charge >= 0.3 is 5.97 Å². The van der Waals surface area contributed by atoms with Crippen molar-refractivity contribution in [1.29, 1.82) is 0 Å². The van der Waals surface area contributed by atoms with E-state index in [0.29, 0.717) is 17.2 Å². The lowest BCUT2D eigenvalue weighted by Gasteiger charge is -2.21. The molecule has 0 bridgehead atoms. The number of amides is 1. The van der Waals surface area contributed by atoms with E-state index in [-0.39, 0.29) is 12.5 Å². The van der Waals surface area contributed by atoms with Crippen LogP contribution in [-0.2, 0) is 14.3 Å². The average molecular weight is 385 g/mol. The van der Waals surface area contributed by atoms with Gasteiger partial charge in [-0.05, 0) is 23.6 Å². The molecule has 2 atom stereocenters. The Hall–Kier alpha value is -3.02. The summed E-state index contributed by atoms with van der Waals surface area (Å²) in [5, 5.41) is 2.69. The van der Waals surface area contributed by atoms with Crippen LogP contribution in [0.25, 0.3) is 0 Å². The molecule has 150 valence electrons. The highest BCUT2D eigenvalue weighted by Crippen LogP contribution is 2.30. The molecular formula is C22H27NO5. The molecule has 6 heteroatoms. The third-order valence-corrected chi connectivity index (χ3v) is 4.65. The molecule has 2 rings (SSSR count). The highest BCUT2D eigenvalue weighted by molar-refractivity contribution is 5.94. The van der Waals surface area contributed by atoms with Crippen LogP contribution in [0.3, 0.4) is 0 Å². The minimum Gasteiger partial charge on any atom is -0.497 e. The Morgan fingerprint density at radius 3 is 2.36 bits per heavy atom. The van der Waals surface area contributed by atoms with Gasteiger partial charge in [0.25, 0.3) is 5.91 Å². The molecule has 2 aromatic rings. The maximum absolute atomic E-state index is 12.7. The monoisotopic (exact) mass is 385 g/mol. The van der Waals surface area contributed by atoms with Gasteiger partial charge in [0.05, 0.1) is 25.8 Å². The summed E-state index contributed by atoms with van der Waals surface area (Å²) in [6.07, 6.45) is 0.823. The van der Waals surface area contributed by atoms with Crippen LogP contribution in [0.4, 0.5) is 5.69 Å². The fourth-order valence-electron chi connectivity index (χ4n) is 2.91. The van der Waals surface area contributed by atoms with Crippen molar-refractivity contribution in [2.45, 2.75) is 26.2 Å². The number of rotatable bonds is 9. The summed E-state index contributed by atoms with van der Waals surface area (Å²) >= 11 is 0. The Bertz CT molecular complexity index is 791. The summed E-state index contributed by atoms with van der Waals surface area (Å²) in [6.45, 7) is 3.66. The Kier molecular flexibility index (Phi) is 7.87. The fourth-order valence-corrected chi connectivity index (χ4v) is 2.91. The van der Waals surface area contributed by atoms with Gasteiger partial charge in [0.2, 0.25) is 0 Å². The number of carbonyl (C=O) groups excluding carboxylic acids is 2. The molecule has 0 fully saturated rings. The first-order chi connectivity index (χ1) is 13.5. The van der Waals surface area contributed by atoms with Gasteiger partial charge in [0.1, 0.15) is 11.5 Å². The lowest BCUT2D eigenvalue weighted by Crippen LogP contribution is -2.27. The van der Waals surface area contributed by atoms with E-state index >= 15 is 0 Å². The minimum atomic E-state index is -0.437. The van der Waals surface area contributed by atoms with E-state index in [1.165, 1.54) is 7.11 Å². The largest absolute Gasteiger partial charge is 0.497 e. The molecule has 6 nitrogen and oxygen atoms in total. The summed E-state index contributed by atoms with van der Waals surface area (Å²) in [7, 11) is 3.05. The topological polar surface area (TPSA) is 73.9 Å². The van der Waals surface area contributed by atoms with Gasteiger partial charge in [-0.1, -0.05) is 50.6 Å². The SMILES string of the molecule is CC[C@H](C)[C@@H](C(=O)OCC(=O)Nc1ccc(OC)cc1OC)c1ccccc1. The number of carbonyl (C=O) groups is 2. The molecule has 0 unspecified atom stereocenters. The quantitative estimate of drug-likeness (QED) is 0.660. The molecule has 0 aliphatic rings. The van der Waals surface area contributed by atoms with Crippen LogP contribution in [-0.4, -0.2) is 32.7 Å². The minimum absolute atomic E-state index is 0.0969. The van der Waals surface area contributed by atoms with Gasteiger partial charge in [-0.2, -0.15) is 0 Å². The molecule has 1 amide bonds. The highest BCUT2D eigenvalue weighted by Gasteiger charge is 2.27. The molecule has 28 heavy (non-hydrogen) atoms. The predicted octanol–water partition coefficient (Wildman–Crippen LogP) is 4.02. The summed E-state index contributed by atoms with van der Waals surface area (Å²) in [6, 6.07) is 14.5. The van der Waals surface area contributed by atoms with Crippen LogP contribution in [0.5, 0.6) is 11.5 Å². The summed E-state index contributed by atoms with van der Waals surface area (Å²) in [5.74, 6) is -0.0827. The van der Waals surface area contributed by atoms with Gasteiger partial charge in [-0.15, -0.1) is 0 Å². The maximum Gasteiger partial charge on any atom is 0.314 e. The number of benzene rings is 2. The lowest BCUT2D eigenvalue weighted by molar-refractivity contribution is -0.150. The van der Waals surface area contributed by atoms with Crippen molar-refractivity contribution >= 4 is 17.6 Å². The van der Waals surface area contributed by atoms with Crippen molar-refractivity contribution < 1.29 is 23.8 Å². The molecule has 0 aromatic heterocycles. The van der Waals surface area contributed by atoms with E-state index in [1.807, 2.05) is 44.2 Å². The smallest absolute Gasteiger partial charge is 0.314 e. The van der Waals surface area contributed by atoms with Crippen LogP contribution < -0.4 is 14.8 Å². The van der Waals surface area contributed by atoms with Crippen molar-refractivity contribution in [3.8, 4) is 11.5 Å². The Balaban J connectivity index is 2.02. The molecule has 0 aliphatic carbocycles. The average Bonchev–Trinajstić information content (AvgIpc) is 2.73. The first-order valence-corrected chi connectivity index (χ1v) is 9.23. The molecule has 0 saturated carbocycles. The molecule has 0 spiro atoms. The highest BCUT2D eigenvalue weighted by atomic mass is 16.5. The van der Waals surface area contributed by atoms with Crippen molar-refractivity contribution in [1.82, 2.24) is 0 Å². The van der Waals surface area contributed by atoms with Gasteiger partial charge in [0.15, 0.2) is 6.61 Å². The maximum atomic E-state index is 12.7. The molecule has 0 saturated heterocycles. The second-order valence-corrected chi connectivity index (χ2v) is 6.50. The molecule has 0 heterocycles. The van der Waals surface area contributed by atoms with Gasteiger partial charge < -0.3 is 19.5 Å². The number of ether oxygens (including phenoxy) is 3. The Morgan fingerprint density at radius 2 is 1.75 bits per heavy atom. The van der Waals surface area contributed by atoms with Crippen LogP contribution >= 0.6 is 0 Å². The molecule has 0 aliphatic heterocycles. The summed E-state index contributed by atoms with van der Waals surface area (Å²) in [5.41, 5.74) is 1.37. The van der Waals surface area contributed by atoms with Gasteiger partial charge in [-0.3, -0.25) is 9.59 Å². The van der Waals surface area contributed by atoms with E-state index in [9.17, 15) is 9.59 Å². The zero-order chi connectivity index (χ0) is 20.5. The van der Waals surface area contributed by atoms with Crippen molar-refractivity contribution in [3.63, 3.8) is 0 Å². The Labute approximate surface area is 165 Å². The van der Waals surface area contributed by atoms with Crippen molar-refractivity contribution in [2.24, 2.45) is 5.92 Å². The van der Waals surface area contributed by atoms with E-state index in [0.717, 1.165) is 12.0 Å². The second-order valence-electron chi connectivity index (χ2n) is 6.50. The van der Waals surface area contributed by atoms with E-state index < -0.39 is 17.8 Å². The molecular weight excluding hydrogens is 358 g/mol. The number of nitrogens with one attached hydrogen (secondary N) is 1. The third kappa shape index (κ3) is 5.49. The van der Waals surface area contributed by atoms with Crippen LogP contribution in [0.1, 0.15) is 31.7 Å². The van der Waals surface area contributed by atoms with E-state index in [2.05, 4.69) is 5.32 Å². The third-order valence-electron chi connectivity index (χ3n) is 4.65. The summed E-state index contributed by atoms with van der Waals surface area (Å²) in [4.78, 5) is 24.9. The number of methoxy groups -OCH3 is 2. The Morgan fingerprint density at radius 1 is 1.04 bits per heavy atom. The lowest BCUT2D eigenvalue weighted by atomic mass is 9.86. The number of hydrogen-bond acceptors (Lipinski definition) is 5. The number of anilines is 1. The number of esters is 1. The number of hydrogen-bond donors (Lipinski definition) is 1. The van der Waals surface area contributed by atoms with E-state index in [1.54, 1.807) is 25.3 Å². The van der Waals surface area contributed by atoms with Crippen LogP contribution in [0.2, 0.25) is 0 Å². The normalized spacial score (nSPS) is 12.6. The summed E-state index contributed by atoms with van der Waals surface area (Å²) < 4.78 is 15.7. The zero-order valence-corrected chi connectivity index (χ0v) is 16.7.